The fourth-order valence-corrected chi connectivity index (χ4v) is 2.38. The van der Waals surface area contributed by atoms with Gasteiger partial charge in [0.2, 0.25) is 0 Å². The number of pyridine rings is 1. The predicted molar refractivity (Wildman–Crippen MR) is 102 cm³/mol. The molecule has 0 spiro atoms. The number of aromatic carboxylic acids is 1. The Balaban J connectivity index is 2.11. The summed E-state index contributed by atoms with van der Waals surface area (Å²) in [6.45, 7) is 6.72. The molecule has 0 saturated carbocycles. The minimum Gasteiger partial charge on any atom is -0.478 e. The number of anilines is 1. The zero-order chi connectivity index (χ0) is 19.6. The highest BCUT2D eigenvalue weighted by atomic mass is 35.5. The number of unbranched alkanes of at least 4 members (excludes halogenated alkanes) is 4. The SMILES string of the molecule is CC(C)(C)OC(=O)NCCCCCCCNc1nc(Cl)ccc1C(=O)O. The molecule has 1 aromatic heterocycles. The van der Waals surface area contributed by atoms with Crippen LogP contribution in [0.2, 0.25) is 5.15 Å². The molecular formula is C18H28ClN3O4. The molecule has 1 rings (SSSR count). The molecule has 0 fully saturated rings. The highest BCUT2D eigenvalue weighted by Gasteiger charge is 2.15. The monoisotopic (exact) mass is 385 g/mol. The van der Waals surface area contributed by atoms with E-state index in [0.717, 1.165) is 32.1 Å². The van der Waals surface area contributed by atoms with Crippen LogP contribution >= 0.6 is 11.6 Å². The Bertz CT molecular complexity index is 603. The number of carbonyl (C=O) groups is 2. The average molecular weight is 386 g/mol. The van der Waals surface area contributed by atoms with Crippen molar-refractivity contribution in [1.82, 2.24) is 10.3 Å². The molecule has 0 radical (unpaired) electrons. The van der Waals surface area contributed by atoms with Crippen LogP contribution in [0.15, 0.2) is 12.1 Å². The molecule has 146 valence electrons. The number of carboxylic acid groups (broad SMARTS) is 1. The first-order valence-electron chi connectivity index (χ1n) is 8.79. The van der Waals surface area contributed by atoms with Crippen LogP contribution in [0.3, 0.4) is 0 Å². The molecule has 3 N–H and O–H groups in total. The van der Waals surface area contributed by atoms with Crippen molar-refractivity contribution < 1.29 is 19.4 Å². The van der Waals surface area contributed by atoms with Gasteiger partial charge in [-0.25, -0.2) is 14.6 Å². The molecule has 0 unspecified atom stereocenters. The second-order valence-corrected chi connectivity index (χ2v) is 7.35. The number of halogens is 1. The quantitative estimate of drug-likeness (QED) is 0.409. The van der Waals surface area contributed by atoms with Gasteiger partial charge in [-0.05, 0) is 45.7 Å². The van der Waals surface area contributed by atoms with E-state index >= 15 is 0 Å². The van der Waals surface area contributed by atoms with Crippen molar-refractivity contribution in [3.63, 3.8) is 0 Å². The third kappa shape index (κ3) is 9.46. The van der Waals surface area contributed by atoms with E-state index in [9.17, 15) is 9.59 Å². The minimum absolute atomic E-state index is 0.114. The maximum atomic E-state index is 11.5. The van der Waals surface area contributed by atoms with E-state index in [1.165, 1.54) is 12.1 Å². The molecule has 0 saturated heterocycles. The molecule has 0 aliphatic heterocycles. The summed E-state index contributed by atoms with van der Waals surface area (Å²) in [5, 5.41) is 15.1. The smallest absolute Gasteiger partial charge is 0.407 e. The van der Waals surface area contributed by atoms with Crippen LogP contribution < -0.4 is 10.6 Å². The molecule has 26 heavy (non-hydrogen) atoms. The van der Waals surface area contributed by atoms with E-state index in [0.29, 0.717) is 18.9 Å². The van der Waals surface area contributed by atoms with Crippen LogP contribution in [-0.4, -0.2) is 40.8 Å². The Hall–Kier alpha value is -2.02. The maximum Gasteiger partial charge on any atom is 0.407 e. The first kappa shape index (κ1) is 22.0. The van der Waals surface area contributed by atoms with Gasteiger partial charge in [-0.15, -0.1) is 0 Å². The summed E-state index contributed by atoms with van der Waals surface area (Å²) < 4.78 is 5.16. The van der Waals surface area contributed by atoms with E-state index in [4.69, 9.17) is 21.4 Å². The Morgan fingerprint density at radius 3 is 2.35 bits per heavy atom. The Labute approximate surface area is 159 Å². The van der Waals surface area contributed by atoms with E-state index < -0.39 is 11.6 Å². The zero-order valence-corrected chi connectivity index (χ0v) is 16.4. The third-order valence-corrected chi connectivity index (χ3v) is 3.62. The molecule has 1 aromatic rings. The topological polar surface area (TPSA) is 101 Å². The second-order valence-electron chi connectivity index (χ2n) is 6.96. The predicted octanol–water partition coefficient (Wildman–Crippen LogP) is 4.32. The lowest BCUT2D eigenvalue weighted by Gasteiger charge is -2.19. The Kier molecular flexibility index (Phi) is 9.19. The third-order valence-electron chi connectivity index (χ3n) is 3.41. The van der Waals surface area contributed by atoms with Crippen molar-refractivity contribution in [2.45, 2.75) is 58.5 Å². The van der Waals surface area contributed by atoms with Gasteiger partial charge in [-0.2, -0.15) is 0 Å². The van der Waals surface area contributed by atoms with Crippen molar-refractivity contribution in [1.29, 1.82) is 0 Å². The second kappa shape index (κ2) is 10.9. The van der Waals surface area contributed by atoms with Gasteiger partial charge < -0.3 is 20.5 Å². The molecular weight excluding hydrogens is 358 g/mol. The van der Waals surface area contributed by atoms with Crippen LogP contribution in [0.1, 0.15) is 63.2 Å². The first-order valence-corrected chi connectivity index (χ1v) is 9.17. The number of nitrogens with one attached hydrogen (secondary N) is 2. The molecule has 8 heteroatoms. The number of carbonyl (C=O) groups excluding carboxylic acids is 1. The number of carboxylic acids is 1. The lowest BCUT2D eigenvalue weighted by atomic mass is 10.1. The fraction of sp³-hybridized carbons (Fsp3) is 0.611. The van der Waals surface area contributed by atoms with Crippen LogP contribution in [0.4, 0.5) is 10.6 Å². The van der Waals surface area contributed by atoms with E-state index in [2.05, 4.69) is 15.6 Å². The first-order chi connectivity index (χ1) is 12.2. The van der Waals surface area contributed by atoms with Crippen LogP contribution in [-0.2, 0) is 4.74 Å². The van der Waals surface area contributed by atoms with E-state index in [1.54, 1.807) is 0 Å². The van der Waals surface area contributed by atoms with Crippen molar-refractivity contribution >= 4 is 29.5 Å². The normalized spacial score (nSPS) is 11.1. The summed E-state index contributed by atoms with van der Waals surface area (Å²) in [7, 11) is 0. The summed E-state index contributed by atoms with van der Waals surface area (Å²) in [5.74, 6) is -0.735. The van der Waals surface area contributed by atoms with Gasteiger partial charge in [0, 0.05) is 13.1 Å². The van der Waals surface area contributed by atoms with Crippen molar-refractivity contribution in [2.24, 2.45) is 0 Å². The van der Waals surface area contributed by atoms with Crippen molar-refractivity contribution in [3.8, 4) is 0 Å². The zero-order valence-electron chi connectivity index (χ0n) is 15.6. The lowest BCUT2D eigenvalue weighted by molar-refractivity contribution is 0.0526. The number of amides is 1. The largest absolute Gasteiger partial charge is 0.478 e. The molecule has 1 heterocycles. The molecule has 0 aliphatic carbocycles. The Morgan fingerprint density at radius 1 is 1.12 bits per heavy atom. The van der Waals surface area contributed by atoms with Crippen LogP contribution in [0.5, 0.6) is 0 Å². The number of rotatable bonds is 10. The van der Waals surface area contributed by atoms with E-state index in [-0.39, 0.29) is 16.8 Å². The molecule has 0 aliphatic rings. The van der Waals surface area contributed by atoms with Gasteiger partial charge in [-0.3, -0.25) is 0 Å². The van der Waals surface area contributed by atoms with Crippen LogP contribution in [0.25, 0.3) is 0 Å². The molecule has 0 atom stereocenters. The van der Waals surface area contributed by atoms with Gasteiger partial charge in [0.1, 0.15) is 22.1 Å². The van der Waals surface area contributed by atoms with Crippen LogP contribution in [0, 0.1) is 0 Å². The Morgan fingerprint density at radius 2 is 1.73 bits per heavy atom. The van der Waals surface area contributed by atoms with Gasteiger partial charge in [-0.1, -0.05) is 30.9 Å². The number of nitrogens with zero attached hydrogens (tertiary/aromatic N) is 1. The highest BCUT2D eigenvalue weighted by Crippen LogP contribution is 2.17. The van der Waals surface area contributed by atoms with Crippen molar-refractivity contribution in [2.75, 3.05) is 18.4 Å². The number of hydrogen-bond donors (Lipinski definition) is 3. The van der Waals surface area contributed by atoms with Gasteiger partial charge in [0.05, 0.1) is 0 Å². The standard InChI is InChI=1S/C18H28ClN3O4/c1-18(2,3)26-17(25)21-12-8-6-4-5-7-11-20-15-13(16(23)24)9-10-14(19)22-15/h9-10H,4-8,11-12H2,1-3H3,(H,20,22)(H,21,25)(H,23,24). The molecule has 0 bridgehead atoms. The number of hydrogen-bond acceptors (Lipinski definition) is 5. The summed E-state index contributed by atoms with van der Waals surface area (Å²) in [5.41, 5.74) is -0.363. The summed E-state index contributed by atoms with van der Waals surface area (Å²) in [4.78, 5) is 26.6. The molecule has 7 nitrogen and oxygen atoms in total. The number of aromatic nitrogens is 1. The minimum atomic E-state index is -1.03. The van der Waals surface area contributed by atoms with Gasteiger partial charge in [0.15, 0.2) is 0 Å². The summed E-state index contributed by atoms with van der Waals surface area (Å²) >= 11 is 5.81. The molecule has 0 aromatic carbocycles. The van der Waals surface area contributed by atoms with Gasteiger partial charge in [0.25, 0.3) is 0 Å². The molecule has 1 amide bonds. The highest BCUT2D eigenvalue weighted by molar-refractivity contribution is 6.29. The summed E-state index contributed by atoms with van der Waals surface area (Å²) in [6, 6.07) is 2.90. The van der Waals surface area contributed by atoms with E-state index in [1.807, 2.05) is 20.8 Å². The number of alkyl carbamates (subject to hydrolysis) is 1. The lowest BCUT2D eigenvalue weighted by Crippen LogP contribution is -2.32. The average Bonchev–Trinajstić information content (AvgIpc) is 2.51. The number of ether oxygens (including phenoxy) is 1. The fourth-order valence-electron chi connectivity index (χ4n) is 2.23. The van der Waals surface area contributed by atoms with Gasteiger partial charge >= 0.3 is 12.1 Å². The summed E-state index contributed by atoms with van der Waals surface area (Å²) in [6.07, 6.45) is 4.45. The maximum absolute atomic E-state index is 11.5. The van der Waals surface area contributed by atoms with Crippen molar-refractivity contribution in [3.05, 3.63) is 22.8 Å².